The molecule has 0 unspecified atom stereocenters. The Morgan fingerprint density at radius 2 is 2.31 bits per heavy atom. The van der Waals surface area contributed by atoms with Gasteiger partial charge in [0.25, 0.3) is 5.91 Å². The quantitative estimate of drug-likeness (QED) is 0.744. The minimum atomic E-state index is -0.276. The highest BCUT2D eigenvalue weighted by molar-refractivity contribution is 9.10. The van der Waals surface area contributed by atoms with Crippen molar-refractivity contribution in [1.29, 1.82) is 0 Å². The summed E-state index contributed by atoms with van der Waals surface area (Å²) < 4.78 is 13.7. The van der Waals surface area contributed by atoms with E-state index >= 15 is 0 Å². The molecular weight excluding hydrogens is 237 g/mol. The van der Waals surface area contributed by atoms with Crippen LogP contribution in [0.2, 0.25) is 0 Å². The van der Waals surface area contributed by atoms with E-state index in [0.717, 1.165) is 5.56 Å². The van der Waals surface area contributed by atoms with Crippen LogP contribution in [-0.2, 0) is 6.54 Å². The number of halogens is 2. The fourth-order valence-corrected chi connectivity index (χ4v) is 2.11. The van der Waals surface area contributed by atoms with Crippen molar-refractivity contribution in [2.24, 2.45) is 0 Å². The molecule has 1 aliphatic heterocycles. The Balaban J connectivity index is 2.76. The largest absolute Gasteiger partial charge is 0.348 e. The van der Waals surface area contributed by atoms with E-state index in [1.807, 2.05) is 0 Å². The van der Waals surface area contributed by atoms with E-state index in [-0.39, 0.29) is 11.7 Å². The molecule has 0 radical (unpaired) electrons. The molecule has 0 aromatic heterocycles. The van der Waals surface area contributed by atoms with E-state index in [4.69, 9.17) is 0 Å². The molecule has 1 aromatic rings. The lowest BCUT2D eigenvalue weighted by molar-refractivity contribution is 0.0965. The Kier molecular flexibility index (Phi) is 1.87. The van der Waals surface area contributed by atoms with Crippen molar-refractivity contribution in [3.63, 3.8) is 0 Å². The molecule has 0 aliphatic carbocycles. The summed E-state index contributed by atoms with van der Waals surface area (Å²) in [5, 5.41) is 2.66. The second kappa shape index (κ2) is 2.80. The first-order valence-corrected chi connectivity index (χ1v) is 4.66. The standard InChI is InChI=1S/C9H7BrFNO/c1-4-5-3-12-9(13)8(5)6(10)2-7(4)11/h2H,3H2,1H3,(H,12,13). The summed E-state index contributed by atoms with van der Waals surface area (Å²) in [5.74, 6) is -0.410. The maximum atomic E-state index is 13.2. The molecule has 0 fully saturated rings. The van der Waals surface area contributed by atoms with Crippen molar-refractivity contribution in [2.75, 3.05) is 0 Å². The topological polar surface area (TPSA) is 29.1 Å². The molecule has 1 aliphatic rings. The van der Waals surface area contributed by atoms with Crippen molar-refractivity contribution in [1.82, 2.24) is 5.32 Å². The Hall–Kier alpha value is -0.900. The normalized spacial score (nSPS) is 14.2. The van der Waals surface area contributed by atoms with Crippen LogP contribution in [0.4, 0.5) is 4.39 Å². The van der Waals surface area contributed by atoms with Gasteiger partial charge in [-0.1, -0.05) is 0 Å². The minimum absolute atomic E-state index is 0.134. The zero-order valence-electron chi connectivity index (χ0n) is 6.95. The van der Waals surface area contributed by atoms with Gasteiger partial charge in [0.05, 0.1) is 5.56 Å². The highest BCUT2D eigenvalue weighted by Gasteiger charge is 2.25. The fraction of sp³-hybridized carbons (Fsp3) is 0.222. The van der Waals surface area contributed by atoms with Gasteiger partial charge in [-0.05, 0) is 40.0 Å². The lowest BCUT2D eigenvalue weighted by Gasteiger charge is -2.04. The Morgan fingerprint density at radius 1 is 1.62 bits per heavy atom. The molecule has 13 heavy (non-hydrogen) atoms. The molecule has 2 rings (SSSR count). The van der Waals surface area contributed by atoms with E-state index in [2.05, 4.69) is 21.2 Å². The van der Waals surface area contributed by atoms with Crippen LogP contribution in [-0.4, -0.2) is 5.91 Å². The molecule has 1 heterocycles. The molecule has 4 heteroatoms. The van der Waals surface area contributed by atoms with Crippen molar-refractivity contribution >= 4 is 21.8 Å². The zero-order chi connectivity index (χ0) is 9.59. The monoisotopic (exact) mass is 243 g/mol. The van der Waals surface area contributed by atoms with Crippen LogP contribution in [0.1, 0.15) is 21.5 Å². The number of rotatable bonds is 0. The fourth-order valence-electron chi connectivity index (χ4n) is 1.49. The van der Waals surface area contributed by atoms with Crippen LogP contribution in [0.5, 0.6) is 0 Å². The number of nitrogens with one attached hydrogen (secondary N) is 1. The van der Waals surface area contributed by atoms with E-state index in [9.17, 15) is 9.18 Å². The highest BCUT2D eigenvalue weighted by Crippen LogP contribution is 2.29. The summed E-state index contributed by atoms with van der Waals surface area (Å²) in [6.07, 6.45) is 0. The number of hydrogen-bond donors (Lipinski definition) is 1. The Labute approximate surface area is 83.3 Å². The maximum Gasteiger partial charge on any atom is 0.253 e. The van der Waals surface area contributed by atoms with E-state index < -0.39 is 0 Å². The third-order valence-electron chi connectivity index (χ3n) is 2.26. The first kappa shape index (κ1) is 8.69. The average molecular weight is 244 g/mol. The molecular formula is C9H7BrFNO. The number of amides is 1. The van der Waals surface area contributed by atoms with Gasteiger partial charge in [0.2, 0.25) is 0 Å². The molecule has 68 valence electrons. The summed E-state index contributed by atoms with van der Waals surface area (Å²) in [4.78, 5) is 11.3. The van der Waals surface area contributed by atoms with Gasteiger partial charge in [-0.25, -0.2) is 4.39 Å². The number of benzene rings is 1. The lowest BCUT2D eigenvalue weighted by atomic mass is 10.0. The summed E-state index contributed by atoms with van der Waals surface area (Å²) in [6.45, 7) is 2.11. The number of fused-ring (bicyclic) bond motifs is 1. The third kappa shape index (κ3) is 1.16. The van der Waals surface area contributed by atoms with Crippen LogP contribution in [0.15, 0.2) is 10.5 Å². The van der Waals surface area contributed by atoms with Gasteiger partial charge in [0.15, 0.2) is 0 Å². The summed E-state index contributed by atoms with van der Waals surface area (Å²) in [7, 11) is 0. The summed E-state index contributed by atoms with van der Waals surface area (Å²) >= 11 is 3.17. The van der Waals surface area contributed by atoms with Crippen molar-refractivity contribution in [3.05, 3.63) is 33.0 Å². The molecule has 1 amide bonds. The SMILES string of the molecule is Cc1c(F)cc(Br)c2c1CNC2=O. The van der Waals surface area contributed by atoms with Crippen LogP contribution in [0, 0.1) is 12.7 Å². The van der Waals surface area contributed by atoms with Crippen LogP contribution < -0.4 is 5.32 Å². The smallest absolute Gasteiger partial charge is 0.253 e. The Bertz CT molecular complexity index is 403. The van der Waals surface area contributed by atoms with E-state index in [0.29, 0.717) is 22.1 Å². The Morgan fingerprint density at radius 3 is 3.00 bits per heavy atom. The predicted molar refractivity (Wildman–Crippen MR) is 50.0 cm³/mol. The molecule has 1 N–H and O–H groups in total. The maximum absolute atomic E-state index is 13.2. The van der Waals surface area contributed by atoms with Gasteiger partial charge < -0.3 is 5.32 Å². The molecule has 2 nitrogen and oxygen atoms in total. The predicted octanol–water partition coefficient (Wildman–Crippen LogP) is 2.14. The number of carbonyl (C=O) groups excluding carboxylic acids is 1. The molecule has 1 aromatic carbocycles. The van der Waals surface area contributed by atoms with Gasteiger partial charge >= 0.3 is 0 Å². The highest BCUT2D eigenvalue weighted by atomic mass is 79.9. The first-order chi connectivity index (χ1) is 6.11. The summed E-state index contributed by atoms with van der Waals surface area (Å²) in [6, 6.07) is 1.33. The van der Waals surface area contributed by atoms with Crippen LogP contribution in [0.3, 0.4) is 0 Å². The molecule has 0 atom stereocenters. The van der Waals surface area contributed by atoms with Crippen molar-refractivity contribution in [3.8, 4) is 0 Å². The summed E-state index contributed by atoms with van der Waals surface area (Å²) in [5.41, 5.74) is 1.88. The molecule has 0 saturated carbocycles. The van der Waals surface area contributed by atoms with Gasteiger partial charge in [-0.3, -0.25) is 4.79 Å². The van der Waals surface area contributed by atoms with Crippen LogP contribution >= 0.6 is 15.9 Å². The molecule has 0 spiro atoms. The second-order valence-corrected chi connectivity index (χ2v) is 3.86. The van der Waals surface area contributed by atoms with Crippen molar-refractivity contribution in [2.45, 2.75) is 13.5 Å². The minimum Gasteiger partial charge on any atom is -0.348 e. The van der Waals surface area contributed by atoms with E-state index in [1.165, 1.54) is 6.07 Å². The first-order valence-electron chi connectivity index (χ1n) is 3.87. The van der Waals surface area contributed by atoms with Gasteiger partial charge in [-0.15, -0.1) is 0 Å². The van der Waals surface area contributed by atoms with Gasteiger partial charge in [-0.2, -0.15) is 0 Å². The number of carbonyl (C=O) groups is 1. The third-order valence-corrected chi connectivity index (χ3v) is 2.88. The second-order valence-electron chi connectivity index (χ2n) is 3.00. The van der Waals surface area contributed by atoms with E-state index in [1.54, 1.807) is 6.92 Å². The average Bonchev–Trinajstić information content (AvgIpc) is 2.44. The molecule has 0 saturated heterocycles. The molecule has 0 bridgehead atoms. The van der Waals surface area contributed by atoms with Crippen molar-refractivity contribution < 1.29 is 9.18 Å². The van der Waals surface area contributed by atoms with Crippen LogP contribution in [0.25, 0.3) is 0 Å². The number of hydrogen-bond acceptors (Lipinski definition) is 1. The lowest BCUT2D eigenvalue weighted by Crippen LogP contribution is -2.12. The zero-order valence-corrected chi connectivity index (χ0v) is 8.53. The van der Waals surface area contributed by atoms with Gasteiger partial charge in [0.1, 0.15) is 5.82 Å². The van der Waals surface area contributed by atoms with Gasteiger partial charge in [0, 0.05) is 11.0 Å².